The van der Waals surface area contributed by atoms with Gasteiger partial charge in [0.1, 0.15) is 34.9 Å². The smallest absolute Gasteiger partial charge is 0.408 e. The van der Waals surface area contributed by atoms with Gasteiger partial charge in [-0.1, -0.05) is 69.3 Å². The number of benzene rings is 1. The van der Waals surface area contributed by atoms with Crippen LogP contribution >= 0.6 is 0 Å². The highest BCUT2D eigenvalue weighted by Gasteiger charge is 2.76. The molecular weight excluding hydrogens is 947 g/mol. The first kappa shape index (κ1) is 57.5. The van der Waals surface area contributed by atoms with Crippen molar-refractivity contribution in [2.45, 2.75) is 199 Å². The van der Waals surface area contributed by atoms with Crippen LogP contribution in [0.5, 0.6) is 0 Å². The lowest BCUT2D eigenvalue weighted by molar-refractivity contribution is -0.734. The lowest BCUT2D eigenvalue weighted by Crippen LogP contribution is -2.64. The van der Waals surface area contributed by atoms with E-state index in [1.54, 1.807) is 53.6 Å². The minimum atomic E-state index is -1.13. The van der Waals surface area contributed by atoms with Crippen LogP contribution in [0.2, 0.25) is 0 Å². The summed E-state index contributed by atoms with van der Waals surface area (Å²) in [5.74, 6) is -2.26. The van der Waals surface area contributed by atoms with E-state index in [1.807, 2.05) is 96.2 Å². The molecule has 2 saturated heterocycles. The van der Waals surface area contributed by atoms with E-state index in [4.69, 9.17) is 18.9 Å². The second-order valence-electron chi connectivity index (χ2n) is 24.2. The molecule has 3 heterocycles. The van der Waals surface area contributed by atoms with Crippen LogP contribution in [0.25, 0.3) is 0 Å². The molecule has 3 fully saturated rings. The summed E-state index contributed by atoms with van der Waals surface area (Å²) in [6.07, 6.45) is 8.98. The van der Waals surface area contributed by atoms with Crippen LogP contribution < -0.4 is 26.6 Å². The Kier molecular flexibility index (Phi) is 17.9. The summed E-state index contributed by atoms with van der Waals surface area (Å²) in [6, 6.07) is 4.63. The molecule has 0 spiro atoms. The fourth-order valence-electron chi connectivity index (χ4n) is 11.0. The van der Waals surface area contributed by atoms with Crippen LogP contribution in [0.1, 0.15) is 146 Å². The van der Waals surface area contributed by atoms with Crippen molar-refractivity contribution in [1.29, 1.82) is 0 Å². The highest BCUT2D eigenvalue weighted by molar-refractivity contribution is 5.95. The molecule has 7 amide bonds. The van der Waals surface area contributed by atoms with Crippen LogP contribution in [0, 0.1) is 11.8 Å². The Morgan fingerprint density at radius 2 is 1.42 bits per heavy atom. The molecule has 74 heavy (non-hydrogen) atoms. The van der Waals surface area contributed by atoms with E-state index < -0.39 is 88.6 Å². The number of nitrogens with one attached hydrogen (secondary N) is 5. The number of unbranched alkanes of at least 4 members (excludes halogenated alkanes) is 1. The minimum absolute atomic E-state index is 0.0365. The molecule has 5 N–H and O–H groups in total. The van der Waals surface area contributed by atoms with E-state index >= 15 is 9.59 Å². The van der Waals surface area contributed by atoms with Crippen LogP contribution in [-0.2, 0) is 38.1 Å². The molecule has 1 saturated carbocycles. The van der Waals surface area contributed by atoms with E-state index in [1.165, 1.54) is 0 Å². The van der Waals surface area contributed by atoms with Gasteiger partial charge in [-0.15, -0.1) is 0 Å². The number of alkyl carbamates (subject to hydrolysis) is 3. The van der Waals surface area contributed by atoms with E-state index in [-0.39, 0.29) is 60.0 Å². The molecule has 408 valence electrons. The highest BCUT2D eigenvalue weighted by atomic mass is 16.6. The fourth-order valence-corrected chi connectivity index (χ4v) is 11.0. The third-order valence-electron chi connectivity index (χ3n) is 14.4. The third kappa shape index (κ3) is 14.1. The maximum atomic E-state index is 15.5. The first-order valence-corrected chi connectivity index (χ1v) is 26.5. The Balaban J connectivity index is 1.27. The molecule has 5 unspecified atom stereocenters. The highest BCUT2D eigenvalue weighted by Crippen LogP contribution is 2.56. The van der Waals surface area contributed by atoms with Crippen molar-refractivity contribution in [3.05, 3.63) is 71.5 Å². The molecule has 2 aliphatic carbocycles. The number of hydrogen-bond donors (Lipinski definition) is 5. The predicted molar refractivity (Wildman–Crippen MR) is 279 cm³/mol. The number of carbonyl (C=O) groups excluding carboxylic acids is 7. The van der Waals surface area contributed by atoms with Crippen LogP contribution in [0.4, 0.5) is 14.4 Å². The van der Waals surface area contributed by atoms with Gasteiger partial charge in [0.25, 0.3) is 5.91 Å². The molecular formula is C56H84N7O11+. The molecule has 5 aliphatic rings. The quantitative estimate of drug-likeness (QED) is 0.0404. The monoisotopic (exact) mass is 1030 g/mol. The fraction of sp³-hybridized carbons (Fsp3) is 0.661. The SMILES string of the molecule is COC1CC1C1(NC(=O)OC(C)(C)C)CCN(C(=O)[C@@H](CCCCNC(=O)OC(C)(C)C)NC(=O)[C@@H](CC(C)C)[N+]23C(=O)[C@H](NC(=O)[C@H](NC(=O)OC(C)(C)C)C(C)c4ccccc4)CC4=C2C3C=CC=C4)CC1. The van der Waals surface area contributed by atoms with Crippen molar-refractivity contribution in [2.75, 3.05) is 26.7 Å². The van der Waals surface area contributed by atoms with Gasteiger partial charge in [0, 0.05) is 57.0 Å². The number of hydrogen-bond acceptors (Lipinski definition) is 11. The lowest BCUT2D eigenvalue weighted by Gasteiger charge is -2.44. The number of fused-ring (bicyclic) bond motifs is 1. The summed E-state index contributed by atoms with van der Waals surface area (Å²) in [7, 11) is 1.65. The van der Waals surface area contributed by atoms with Crippen molar-refractivity contribution in [3.8, 4) is 0 Å². The van der Waals surface area contributed by atoms with E-state index in [9.17, 15) is 24.0 Å². The molecule has 18 nitrogen and oxygen atoms in total. The van der Waals surface area contributed by atoms with E-state index in [0.717, 1.165) is 23.3 Å². The van der Waals surface area contributed by atoms with Crippen molar-refractivity contribution >= 4 is 41.9 Å². The molecule has 6 rings (SSSR count). The number of methoxy groups -OCH3 is 1. The van der Waals surface area contributed by atoms with Crippen LogP contribution in [0.15, 0.2) is 65.9 Å². The Morgan fingerprint density at radius 3 is 2.01 bits per heavy atom. The second-order valence-corrected chi connectivity index (χ2v) is 24.2. The van der Waals surface area contributed by atoms with Gasteiger partial charge in [0.05, 0.1) is 11.6 Å². The summed E-state index contributed by atoms with van der Waals surface area (Å²) in [4.78, 5) is 101. The number of ether oxygens (including phenoxy) is 4. The van der Waals surface area contributed by atoms with Crippen molar-refractivity contribution < 1.29 is 57.0 Å². The van der Waals surface area contributed by atoms with Gasteiger partial charge in [-0.3, -0.25) is 14.4 Å². The summed E-state index contributed by atoms with van der Waals surface area (Å²) in [6.45, 7) is 22.6. The zero-order valence-corrected chi connectivity index (χ0v) is 46.1. The summed E-state index contributed by atoms with van der Waals surface area (Å²) in [5, 5.41) is 14.9. The number of likely N-dealkylation sites (tertiary alicyclic amines) is 1. The van der Waals surface area contributed by atoms with E-state index in [2.05, 4.69) is 26.6 Å². The van der Waals surface area contributed by atoms with Gasteiger partial charge in [-0.2, -0.15) is 4.48 Å². The number of quaternary nitrogens is 1. The topological polar surface area (TPSA) is 220 Å². The molecule has 9 atom stereocenters. The number of piperidine rings is 1. The molecule has 3 aliphatic heterocycles. The number of rotatable bonds is 19. The maximum absolute atomic E-state index is 15.5. The van der Waals surface area contributed by atoms with E-state index in [0.29, 0.717) is 38.8 Å². The summed E-state index contributed by atoms with van der Waals surface area (Å²) < 4.78 is 22.0. The van der Waals surface area contributed by atoms with Gasteiger partial charge in [-0.05, 0) is 118 Å². The second kappa shape index (κ2) is 23.0. The number of carbonyl (C=O) groups is 7. The molecule has 1 aromatic carbocycles. The van der Waals surface area contributed by atoms with Gasteiger partial charge in [-0.25, -0.2) is 19.2 Å². The van der Waals surface area contributed by atoms with Gasteiger partial charge in [0.2, 0.25) is 11.8 Å². The number of allylic oxidation sites excluding steroid dienone is 3. The largest absolute Gasteiger partial charge is 0.444 e. The molecule has 0 aromatic heterocycles. The van der Waals surface area contributed by atoms with Gasteiger partial charge >= 0.3 is 24.2 Å². The Hall–Kier alpha value is -5.75. The van der Waals surface area contributed by atoms with Crippen LogP contribution in [0.3, 0.4) is 0 Å². The number of amides is 7. The Labute approximate surface area is 438 Å². The molecule has 1 aromatic rings. The van der Waals surface area contributed by atoms with Crippen LogP contribution in [-0.4, -0.2) is 137 Å². The number of nitrogens with zero attached hydrogens (tertiary/aromatic N) is 2. The average Bonchev–Trinajstić information content (AvgIpc) is 4.22. The Morgan fingerprint density at radius 1 is 0.797 bits per heavy atom. The first-order chi connectivity index (χ1) is 34.6. The van der Waals surface area contributed by atoms with Gasteiger partial charge < -0.3 is 50.4 Å². The lowest BCUT2D eigenvalue weighted by atomic mass is 9.82. The predicted octanol–water partition coefficient (Wildman–Crippen LogP) is 7.19. The summed E-state index contributed by atoms with van der Waals surface area (Å²) in [5.41, 5.74) is -0.499. The normalized spacial score (nSPS) is 24.5. The Bertz CT molecular complexity index is 2340. The first-order valence-electron chi connectivity index (χ1n) is 26.5. The molecule has 18 heteroatoms. The third-order valence-corrected chi connectivity index (χ3v) is 14.4. The summed E-state index contributed by atoms with van der Waals surface area (Å²) >= 11 is 0. The van der Waals surface area contributed by atoms with Gasteiger partial charge in [0.15, 0.2) is 17.8 Å². The average molecular weight is 1030 g/mol. The van der Waals surface area contributed by atoms with Crippen molar-refractivity contribution in [3.63, 3.8) is 0 Å². The zero-order valence-electron chi connectivity index (χ0n) is 46.1. The standard InChI is InChI=1S/C56H83N7O11/c1-34(2)31-42(63-41-25-18-17-23-37(45(41)63)32-40(49(63)67)59-47(65)44(60-51(69)73-54(7,8)9)35(3)36-21-15-14-16-22-36)46(64)58-39(24-19-20-28-57-50(68)72-53(4,5)6)48(66)62-29-26-56(27-30-62,38-33-43(38)71-13)61-52(70)74-55(10,11)12/h14-18,21-23,25,34-35,38-44H,19-20,24,26-33H2,1-13H3,(H4-,57,58,59,60,61,64,65,68,69,70)/p+1/t35?,38?,39-,40-,41?,42-,43?,44-,63?/m1/s1. The molecule has 0 radical (unpaired) electrons. The van der Waals surface area contributed by atoms with Crippen molar-refractivity contribution in [1.82, 2.24) is 31.5 Å². The maximum Gasteiger partial charge on any atom is 0.408 e. The minimum Gasteiger partial charge on any atom is -0.444 e. The zero-order chi connectivity index (χ0) is 54.6. The van der Waals surface area contributed by atoms with Crippen molar-refractivity contribution in [2.24, 2.45) is 11.8 Å². The molecule has 0 bridgehead atoms.